The molecule has 2 heterocycles. The number of nitrogens with zero attached hydrogens (tertiary/aromatic N) is 2. The molecule has 1 saturated heterocycles. The van der Waals surface area contributed by atoms with E-state index in [1.165, 1.54) is 37.1 Å². The Labute approximate surface area is 168 Å². The monoisotopic (exact) mass is 458 g/mol. The molecule has 2 N–H and O–H groups in total. The summed E-state index contributed by atoms with van der Waals surface area (Å²) in [5.41, 5.74) is 2.70. The van der Waals surface area contributed by atoms with Gasteiger partial charge in [-0.3, -0.25) is 4.99 Å². The van der Waals surface area contributed by atoms with Crippen LogP contribution >= 0.6 is 24.0 Å². The van der Waals surface area contributed by atoms with Crippen molar-refractivity contribution in [2.45, 2.75) is 25.7 Å². The summed E-state index contributed by atoms with van der Waals surface area (Å²) in [6.45, 7) is 5.15. The number of likely N-dealkylation sites (tertiary alicyclic amines) is 1. The highest BCUT2D eigenvalue weighted by Crippen LogP contribution is 2.25. The number of piperidine rings is 1. The minimum absolute atomic E-state index is 0. The van der Waals surface area contributed by atoms with Gasteiger partial charge in [-0.2, -0.15) is 0 Å². The van der Waals surface area contributed by atoms with Gasteiger partial charge in [0.2, 0.25) is 0 Å². The Kier molecular flexibility index (Phi) is 8.29. The van der Waals surface area contributed by atoms with Gasteiger partial charge in [-0.1, -0.05) is 12.1 Å². The summed E-state index contributed by atoms with van der Waals surface area (Å²) in [5, 5.41) is 6.91. The van der Waals surface area contributed by atoms with Crippen LogP contribution in [0.25, 0.3) is 0 Å². The Morgan fingerprint density at radius 1 is 1.28 bits per heavy atom. The first kappa shape index (κ1) is 20.3. The fourth-order valence-electron chi connectivity index (χ4n) is 3.45. The molecule has 3 rings (SSSR count). The van der Waals surface area contributed by atoms with Gasteiger partial charge in [0.05, 0.1) is 6.61 Å². The van der Waals surface area contributed by atoms with E-state index in [9.17, 15) is 0 Å². The first-order valence-corrected chi connectivity index (χ1v) is 9.12. The van der Waals surface area contributed by atoms with Crippen molar-refractivity contribution in [1.82, 2.24) is 15.5 Å². The molecule has 0 saturated carbocycles. The van der Waals surface area contributed by atoms with Crippen LogP contribution in [-0.2, 0) is 12.8 Å². The predicted octanol–water partition coefficient (Wildman–Crippen LogP) is 2.29. The highest BCUT2D eigenvalue weighted by atomic mass is 127. The third-order valence-corrected chi connectivity index (χ3v) is 5.08. The average molecular weight is 458 g/mol. The zero-order chi connectivity index (χ0) is 16.8. The number of hydrogen-bond donors (Lipinski definition) is 2. The summed E-state index contributed by atoms with van der Waals surface area (Å²) in [4.78, 5) is 6.75. The predicted molar refractivity (Wildman–Crippen MR) is 114 cm³/mol. The van der Waals surface area contributed by atoms with Crippen LogP contribution in [-0.4, -0.2) is 57.7 Å². The van der Waals surface area contributed by atoms with Crippen LogP contribution in [0.1, 0.15) is 24.0 Å². The first-order valence-electron chi connectivity index (χ1n) is 9.12. The number of fused-ring (bicyclic) bond motifs is 1. The summed E-state index contributed by atoms with van der Waals surface area (Å²) >= 11 is 0. The summed E-state index contributed by atoms with van der Waals surface area (Å²) in [7, 11) is 4.05. The van der Waals surface area contributed by atoms with E-state index >= 15 is 0 Å². The Morgan fingerprint density at radius 3 is 2.84 bits per heavy atom. The van der Waals surface area contributed by atoms with Gasteiger partial charge in [0.1, 0.15) is 5.75 Å². The van der Waals surface area contributed by atoms with Crippen LogP contribution in [0, 0.1) is 5.92 Å². The third kappa shape index (κ3) is 6.02. The highest BCUT2D eigenvalue weighted by molar-refractivity contribution is 14.0. The summed E-state index contributed by atoms with van der Waals surface area (Å²) in [6, 6.07) is 6.55. The second-order valence-corrected chi connectivity index (χ2v) is 6.92. The number of guanidine groups is 1. The van der Waals surface area contributed by atoms with Crippen molar-refractivity contribution in [3.05, 3.63) is 29.3 Å². The zero-order valence-electron chi connectivity index (χ0n) is 15.4. The van der Waals surface area contributed by atoms with Crippen LogP contribution in [0.4, 0.5) is 0 Å². The van der Waals surface area contributed by atoms with E-state index in [2.05, 4.69) is 45.8 Å². The molecule has 0 radical (unpaired) electrons. The SMILES string of the molecule is CN=C(NCCc1ccc2c(c1)CCO2)NCC1CCN(C)CC1.I. The van der Waals surface area contributed by atoms with E-state index in [-0.39, 0.29) is 24.0 Å². The van der Waals surface area contributed by atoms with Crippen molar-refractivity contribution in [2.75, 3.05) is 46.9 Å². The van der Waals surface area contributed by atoms with E-state index in [0.29, 0.717) is 0 Å². The second-order valence-electron chi connectivity index (χ2n) is 6.92. The molecule has 1 aromatic rings. The lowest BCUT2D eigenvalue weighted by molar-refractivity contribution is 0.220. The molecule has 0 bridgehead atoms. The maximum atomic E-state index is 5.56. The molecule has 0 aliphatic carbocycles. The Hall–Kier alpha value is -1.02. The van der Waals surface area contributed by atoms with Crippen LogP contribution in [0.3, 0.4) is 0 Å². The molecule has 2 aliphatic heterocycles. The van der Waals surface area contributed by atoms with Crippen LogP contribution in [0.15, 0.2) is 23.2 Å². The number of hydrogen-bond acceptors (Lipinski definition) is 3. The second kappa shape index (κ2) is 10.2. The number of ether oxygens (including phenoxy) is 1. The average Bonchev–Trinajstić information content (AvgIpc) is 3.07. The molecule has 0 spiro atoms. The lowest BCUT2D eigenvalue weighted by Gasteiger charge is -2.29. The zero-order valence-corrected chi connectivity index (χ0v) is 17.7. The highest BCUT2D eigenvalue weighted by Gasteiger charge is 2.16. The van der Waals surface area contributed by atoms with Crippen molar-refractivity contribution in [2.24, 2.45) is 10.9 Å². The fraction of sp³-hybridized carbons (Fsp3) is 0.632. The maximum absolute atomic E-state index is 5.56. The van der Waals surface area contributed by atoms with Crippen molar-refractivity contribution < 1.29 is 4.74 Å². The Morgan fingerprint density at radius 2 is 2.08 bits per heavy atom. The number of aliphatic imine (C=N–C) groups is 1. The topological polar surface area (TPSA) is 48.9 Å². The van der Waals surface area contributed by atoms with E-state index in [4.69, 9.17) is 4.74 Å². The molecule has 5 nitrogen and oxygen atoms in total. The smallest absolute Gasteiger partial charge is 0.190 e. The minimum atomic E-state index is 0. The molecular formula is C19H31IN4O. The van der Waals surface area contributed by atoms with Gasteiger partial charge in [-0.15, -0.1) is 24.0 Å². The van der Waals surface area contributed by atoms with Gasteiger partial charge in [0.15, 0.2) is 5.96 Å². The molecule has 0 unspecified atom stereocenters. The van der Waals surface area contributed by atoms with Crippen LogP contribution < -0.4 is 15.4 Å². The van der Waals surface area contributed by atoms with E-state index in [1.54, 1.807) is 0 Å². The van der Waals surface area contributed by atoms with Gasteiger partial charge < -0.3 is 20.3 Å². The number of nitrogens with one attached hydrogen (secondary N) is 2. The molecule has 6 heteroatoms. The van der Waals surface area contributed by atoms with Crippen molar-refractivity contribution in [3.63, 3.8) is 0 Å². The quantitative estimate of drug-likeness (QED) is 0.404. The molecule has 140 valence electrons. The van der Waals surface area contributed by atoms with E-state index in [1.807, 2.05) is 7.05 Å². The number of benzene rings is 1. The standard InChI is InChI=1S/C19H30N4O.HI/c1-20-19(22-14-16-6-10-23(2)11-7-16)21-9-5-15-3-4-18-17(13-15)8-12-24-18;/h3-4,13,16H,5-12,14H2,1-2H3,(H2,20,21,22);1H. The largest absolute Gasteiger partial charge is 0.493 e. The van der Waals surface area contributed by atoms with Gasteiger partial charge >= 0.3 is 0 Å². The molecule has 2 aliphatic rings. The van der Waals surface area contributed by atoms with Gasteiger partial charge in [0.25, 0.3) is 0 Å². The third-order valence-electron chi connectivity index (χ3n) is 5.08. The Balaban J connectivity index is 0.00000225. The van der Waals surface area contributed by atoms with Crippen molar-refractivity contribution >= 4 is 29.9 Å². The molecule has 0 amide bonds. The molecular weight excluding hydrogens is 427 g/mol. The minimum Gasteiger partial charge on any atom is -0.493 e. The number of halogens is 1. The fourth-order valence-corrected chi connectivity index (χ4v) is 3.45. The summed E-state index contributed by atoms with van der Waals surface area (Å²) < 4.78 is 5.56. The lowest BCUT2D eigenvalue weighted by Crippen LogP contribution is -2.42. The Bertz CT molecular complexity index is 571. The molecule has 1 aromatic carbocycles. The molecule has 0 atom stereocenters. The van der Waals surface area contributed by atoms with Gasteiger partial charge in [-0.05, 0) is 62.5 Å². The number of rotatable bonds is 5. The summed E-state index contributed by atoms with van der Waals surface area (Å²) in [6.07, 6.45) is 4.59. The van der Waals surface area contributed by atoms with E-state index < -0.39 is 0 Å². The molecule has 0 aromatic heterocycles. The van der Waals surface area contributed by atoms with Crippen LogP contribution in [0.5, 0.6) is 5.75 Å². The van der Waals surface area contributed by atoms with E-state index in [0.717, 1.165) is 50.2 Å². The van der Waals surface area contributed by atoms with Crippen molar-refractivity contribution in [1.29, 1.82) is 0 Å². The molecule has 1 fully saturated rings. The maximum Gasteiger partial charge on any atom is 0.190 e. The first-order chi connectivity index (χ1) is 11.7. The van der Waals surface area contributed by atoms with Gasteiger partial charge in [0, 0.05) is 26.6 Å². The lowest BCUT2D eigenvalue weighted by atomic mass is 9.97. The van der Waals surface area contributed by atoms with Crippen molar-refractivity contribution in [3.8, 4) is 5.75 Å². The normalized spacial score (nSPS) is 18.2. The van der Waals surface area contributed by atoms with Crippen LogP contribution in [0.2, 0.25) is 0 Å². The molecule has 25 heavy (non-hydrogen) atoms. The summed E-state index contributed by atoms with van der Waals surface area (Å²) in [5.74, 6) is 2.73. The van der Waals surface area contributed by atoms with Gasteiger partial charge in [-0.25, -0.2) is 0 Å².